The summed E-state index contributed by atoms with van der Waals surface area (Å²) < 4.78 is 0. The summed E-state index contributed by atoms with van der Waals surface area (Å²) in [7, 11) is 0. The maximum atomic E-state index is 12.9. The van der Waals surface area contributed by atoms with Gasteiger partial charge >= 0.3 is 0 Å². The number of carbonyl (C=O) groups is 2. The summed E-state index contributed by atoms with van der Waals surface area (Å²) in [5, 5.41) is 2.87. The van der Waals surface area contributed by atoms with E-state index in [1.54, 1.807) is 11.8 Å². The molecule has 3 aromatic carbocycles. The first-order valence-corrected chi connectivity index (χ1v) is 10.6. The molecular formula is C24H22N2O2S. The number of hydrogen-bond acceptors (Lipinski definition) is 3. The van der Waals surface area contributed by atoms with Crippen LogP contribution in [0.3, 0.4) is 0 Å². The molecule has 1 N–H and O–H groups in total. The molecule has 146 valence electrons. The van der Waals surface area contributed by atoms with Gasteiger partial charge in [-0.25, -0.2) is 0 Å². The molecule has 2 amide bonds. The largest absolute Gasteiger partial charge is 0.322 e. The molecule has 1 heterocycles. The summed E-state index contributed by atoms with van der Waals surface area (Å²) in [6.07, 6.45) is 0. The van der Waals surface area contributed by atoms with Gasteiger partial charge in [0.25, 0.3) is 5.91 Å². The Balaban J connectivity index is 1.67. The van der Waals surface area contributed by atoms with Crippen LogP contribution in [-0.4, -0.2) is 17.6 Å². The van der Waals surface area contributed by atoms with Crippen molar-refractivity contribution in [3.63, 3.8) is 0 Å². The Morgan fingerprint density at radius 1 is 0.966 bits per heavy atom. The number of amides is 2. The molecule has 1 aliphatic rings. The fourth-order valence-corrected chi connectivity index (χ4v) is 4.70. The van der Waals surface area contributed by atoms with Gasteiger partial charge in [0.1, 0.15) is 5.37 Å². The van der Waals surface area contributed by atoms with E-state index in [4.69, 9.17) is 0 Å². The highest BCUT2D eigenvalue weighted by molar-refractivity contribution is 8.00. The lowest BCUT2D eigenvalue weighted by molar-refractivity contribution is -0.115. The molecule has 0 bridgehead atoms. The number of nitrogens with one attached hydrogen (secondary N) is 1. The number of aryl methyl sites for hydroxylation is 2. The number of rotatable bonds is 4. The molecule has 1 atom stereocenters. The third kappa shape index (κ3) is 3.91. The van der Waals surface area contributed by atoms with E-state index in [-0.39, 0.29) is 17.2 Å². The molecule has 1 saturated heterocycles. The van der Waals surface area contributed by atoms with Crippen molar-refractivity contribution in [2.75, 3.05) is 16.0 Å². The van der Waals surface area contributed by atoms with E-state index in [1.807, 2.05) is 91.5 Å². The predicted octanol–water partition coefficient (Wildman–Crippen LogP) is 5.33. The van der Waals surface area contributed by atoms with Gasteiger partial charge in [-0.1, -0.05) is 54.1 Å². The second kappa shape index (κ2) is 8.13. The first-order chi connectivity index (χ1) is 14.0. The second-order valence-corrected chi connectivity index (χ2v) is 8.19. The quantitative estimate of drug-likeness (QED) is 0.641. The number of para-hydroxylation sites is 1. The highest BCUT2D eigenvalue weighted by Gasteiger charge is 2.35. The lowest BCUT2D eigenvalue weighted by Gasteiger charge is -2.26. The minimum absolute atomic E-state index is 0.0730. The number of anilines is 2. The smallest absolute Gasteiger partial charge is 0.255 e. The molecule has 1 aliphatic heterocycles. The van der Waals surface area contributed by atoms with E-state index in [9.17, 15) is 9.59 Å². The van der Waals surface area contributed by atoms with Crippen LogP contribution in [0, 0.1) is 13.8 Å². The zero-order chi connectivity index (χ0) is 20.4. The predicted molar refractivity (Wildman–Crippen MR) is 119 cm³/mol. The average Bonchev–Trinajstić information content (AvgIpc) is 3.10. The highest BCUT2D eigenvalue weighted by Crippen LogP contribution is 2.44. The standard InChI is InChI=1S/C24H22N2O2S/c1-16-11-13-18(14-12-16)26-22(27)15-29-24(26)20-9-5-6-10-21(20)25-23(28)19-8-4-3-7-17(19)2/h3-14,24H,15H2,1-2H3,(H,25,28)/t24-/m1/s1. The van der Waals surface area contributed by atoms with Gasteiger partial charge in [-0.3, -0.25) is 14.5 Å². The van der Waals surface area contributed by atoms with Gasteiger partial charge in [0.15, 0.2) is 0 Å². The number of hydrogen-bond donors (Lipinski definition) is 1. The molecule has 1 fully saturated rings. The summed E-state index contributed by atoms with van der Waals surface area (Å²) in [5.41, 5.74) is 5.24. The molecule has 0 spiro atoms. The maximum absolute atomic E-state index is 12.9. The van der Waals surface area contributed by atoms with E-state index < -0.39 is 0 Å². The fourth-order valence-electron chi connectivity index (χ4n) is 3.48. The Hall–Kier alpha value is -3.05. The van der Waals surface area contributed by atoms with Crippen molar-refractivity contribution >= 4 is 35.0 Å². The first kappa shape index (κ1) is 19.3. The fraction of sp³-hybridized carbons (Fsp3) is 0.167. The van der Waals surface area contributed by atoms with Crippen LogP contribution < -0.4 is 10.2 Å². The minimum atomic E-state index is -0.182. The van der Waals surface area contributed by atoms with Gasteiger partial charge in [-0.05, 0) is 43.7 Å². The molecule has 0 radical (unpaired) electrons. The molecule has 0 aromatic heterocycles. The third-order valence-electron chi connectivity index (χ3n) is 5.04. The van der Waals surface area contributed by atoms with Gasteiger partial charge in [-0.2, -0.15) is 0 Å². The second-order valence-electron chi connectivity index (χ2n) is 7.12. The molecule has 5 heteroatoms. The molecule has 3 aromatic rings. The molecule has 0 saturated carbocycles. The van der Waals surface area contributed by atoms with Crippen molar-refractivity contribution in [3.05, 3.63) is 95.1 Å². The average molecular weight is 403 g/mol. The topological polar surface area (TPSA) is 49.4 Å². The molecular weight excluding hydrogens is 380 g/mol. The zero-order valence-corrected chi connectivity index (χ0v) is 17.2. The summed E-state index contributed by atoms with van der Waals surface area (Å²) in [4.78, 5) is 27.3. The number of nitrogens with zero attached hydrogens (tertiary/aromatic N) is 1. The Labute approximate surface area is 174 Å². The van der Waals surface area contributed by atoms with Gasteiger partial charge in [0.05, 0.1) is 5.75 Å². The SMILES string of the molecule is Cc1ccc(N2C(=O)CS[C@@H]2c2ccccc2NC(=O)c2ccccc2C)cc1. The maximum Gasteiger partial charge on any atom is 0.255 e. The Morgan fingerprint density at radius 3 is 2.41 bits per heavy atom. The van der Waals surface area contributed by atoms with Crippen LogP contribution >= 0.6 is 11.8 Å². The summed E-state index contributed by atoms with van der Waals surface area (Å²) in [5.74, 6) is 0.342. The highest BCUT2D eigenvalue weighted by atomic mass is 32.2. The summed E-state index contributed by atoms with van der Waals surface area (Å²) >= 11 is 1.58. The zero-order valence-electron chi connectivity index (χ0n) is 16.4. The van der Waals surface area contributed by atoms with Gasteiger partial charge in [0, 0.05) is 22.5 Å². The molecule has 0 aliphatic carbocycles. The van der Waals surface area contributed by atoms with Gasteiger partial charge < -0.3 is 5.32 Å². The number of thioether (sulfide) groups is 1. The first-order valence-electron chi connectivity index (χ1n) is 9.51. The van der Waals surface area contributed by atoms with Crippen molar-refractivity contribution < 1.29 is 9.59 Å². The summed E-state index contributed by atoms with van der Waals surface area (Å²) in [6.45, 7) is 3.95. The Kier molecular flexibility index (Phi) is 5.41. The van der Waals surface area contributed by atoms with Crippen molar-refractivity contribution in [2.45, 2.75) is 19.2 Å². The Bertz CT molecular complexity index is 1060. The van der Waals surface area contributed by atoms with Gasteiger partial charge in [0.2, 0.25) is 5.91 Å². The van der Waals surface area contributed by atoms with E-state index >= 15 is 0 Å². The van der Waals surface area contributed by atoms with Crippen molar-refractivity contribution in [1.29, 1.82) is 0 Å². The molecule has 4 rings (SSSR count). The normalized spacial score (nSPS) is 16.1. The Morgan fingerprint density at radius 2 is 1.66 bits per heavy atom. The van der Waals surface area contributed by atoms with E-state index in [0.717, 1.165) is 28.1 Å². The van der Waals surface area contributed by atoms with E-state index in [0.29, 0.717) is 11.3 Å². The lowest BCUT2D eigenvalue weighted by Crippen LogP contribution is -2.28. The summed E-state index contributed by atoms with van der Waals surface area (Å²) in [6, 6.07) is 23.2. The lowest BCUT2D eigenvalue weighted by atomic mass is 10.1. The third-order valence-corrected chi connectivity index (χ3v) is 6.24. The van der Waals surface area contributed by atoms with Crippen molar-refractivity contribution in [3.8, 4) is 0 Å². The molecule has 0 unspecified atom stereocenters. The van der Waals surface area contributed by atoms with Crippen LogP contribution in [0.1, 0.15) is 32.4 Å². The van der Waals surface area contributed by atoms with Crippen LogP contribution in [0.15, 0.2) is 72.8 Å². The van der Waals surface area contributed by atoms with Crippen LogP contribution in [0.5, 0.6) is 0 Å². The van der Waals surface area contributed by atoms with E-state index in [1.165, 1.54) is 0 Å². The number of carbonyl (C=O) groups excluding carboxylic acids is 2. The van der Waals surface area contributed by atoms with Crippen LogP contribution in [0.2, 0.25) is 0 Å². The van der Waals surface area contributed by atoms with E-state index in [2.05, 4.69) is 5.32 Å². The van der Waals surface area contributed by atoms with Crippen LogP contribution in [0.25, 0.3) is 0 Å². The van der Waals surface area contributed by atoms with Crippen LogP contribution in [0.4, 0.5) is 11.4 Å². The minimum Gasteiger partial charge on any atom is -0.322 e. The van der Waals surface area contributed by atoms with Crippen LogP contribution in [-0.2, 0) is 4.79 Å². The molecule has 4 nitrogen and oxygen atoms in total. The monoisotopic (exact) mass is 402 g/mol. The van der Waals surface area contributed by atoms with Gasteiger partial charge in [-0.15, -0.1) is 11.8 Å². The molecule has 29 heavy (non-hydrogen) atoms. The van der Waals surface area contributed by atoms with Crippen molar-refractivity contribution in [2.24, 2.45) is 0 Å². The number of benzene rings is 3. The van der Waals surface area contributed by atoms with Crippen molar-refractivity contribution in [1.82, 2.24) is 0 Å².